The summed E-state index contributed by atoms with van der Waals surface area (Å²) in [5, 5.41) is 0.614. The van der Waals surface area contributed by atoms with Crippen LogP contribution in [0.3, 0.4) is 0 Å². The number of ether oxygens (including phenoxy) is 2. The van der Waals surface area contributed by atoms with Gasteiger partial charge in [0.05, 0.1) is 12.8 Å². The fourth-order valence-electron chi connectivity index (χ4n) is 1.35. The minimum atomic E-state index is 0.607. The Labute approximate surface area is 104 Å². The summed E-state index contributed by atoms with van der Waals surface area (Å²) in [4.78, 5) is 5.46. The molecule has 0 unspecified atom stereocenters. The molecule has 1 aromatic heterocycles. The van der Waals surface area contributed by atoms with Gasteiger partial charge in [0, 0.05) is 16.6 Å². The number of methoxy groups -OCH3 is 1. The van der Waals surface area contributed by atoms with E-state index in [0.717, 1.165) is 10.6 Å². The van der Waals surface area contributed by atoms with Gasteiger partial charge in [0.25, 0.3) is 5.19 Å². The van der Waals surface area contributed by atoms with Gasteiger partial charge in [0.2, 0.25) is 0 Å². The van der Waals surface area contributed by atoms with Gasteiger partial charge >= 0.3 is 0 Å². The maximum atomic E-state index is 5.68. The van der Waals surface area contributed by atoms with E-state index in [4.69, 9.17) is 15.2 Å². The molecule has 0 spiro atoms. The smallest absolute Gasteiger partial charge is 0.279 e. The summed E-state index contributed by atoms with van der Waals surface area (Å²) in [6, 6.07) is 5.27. The van der Waals surface area contributed by atoms with Crippen molar-refractivity contribution < 1.29 is 9.47 Å². The molecule has 5 heteroatoms. The van der Waals surface area contributed by atoms with Crippen molar-refractivity contribution >= 4 is 17.0 Å². The Morgan fingerprint density at radius 3 is 2.59 bits per heavy atom. The first-order chi connectivity index (χ1) is 8.10. The Morgan fingerprint density at radius 2 is 2.00 bits per heavy atom. The van der Waals surface area contributed by atoms with Gasteiger partial charge in [0.1, 0.15) is 0 Å². The van der Waals surface area contributed by atoms with E-state index < -0.39 is 0 Å². The maximum Gasteiger partial charge on any atom is 0.279 e. The molecule has 2 aromatic rings. The van der Waals surface area contributed by atoms with E-state index in [1.54, 1.807) is 25.3 Å². The highest BCUT2D eigenvalue weighted by molar-refractivity contribution is 7.13. The second-order valence-electron chi connectivity index (χ2n) is 3.63. The van der Waals surface area contributed by atoms with Gasteiger partial charge in [-0.25, -0.2) is 4.98 Å². The first-order valence-corrected chi connectivity index (χ1v) is 5.97. The lowest BCUT2D eigenvalue weighted by molar-refractivity contribution is 0.378. The van der Waals surface area contributed by atoms with Crippen LogP contribution < -0.4 is 15.2 Å². The van der Waals surface area contributed by atoms with Crippen molar-refractivity contribution in [1.29, 1.82) is 0 Å². The molecule has 1 heterocycles. The molecule has 0 saturated heterocycles. The van der Waals surface area contributed by atoms with Crippen molar-refractivity contribution in [2.45, 2.75) is 13.8 Å². The molecule has 1 aromatic carbocycles. The summed E-state index contributed by atoms with van der Waals surface area (Å²) in [6.07, 6.45) is 0. The number of aromatic nitrogens is 1. The second-order valence-corrected chi connectivity index (χ2v) is 4.80. The van der Waals surface area contributed by atoms with Crippen molar-refractivity contribution in [3.05, 3.63) is 28.8 Å². The van der Waals surface area contributed by atoms with Crippen LogP contribution in [0.25, 0.3) is 0 Å². The second kappa shape index (κ2) is 4.63. The first kappa shape index (κ1) is 11.7. The quantitative estimate of drug-likeness (QED) is 0.850. The summed E-state index contributed by atoms with van der Waals surface area (Å²) < 4.78 is 10.9. The fraction of sp³-hybridized carbons (Fsp3) is 0.250. The van der Waals surface area contributed by atoms with Crippen LogP contribution in [0.15, 0.2) is 18.2 Å². The molecule has 4 nitrogen and oxygen atoms in total. The van der Waals surface area contributed by atoms with E-state index in [2.05, 4.69) is 4.98 Å². The Kier molecular flexibility index (Phi) is 3.19. The van der Waals surface area contributed by atoms with Crippen molar-refractivity contribution in [1.82, 2.24) is 4.98 Å². The van der Waals surface area contributed by atoms with E-state index in [0.29, 0.717) is 22.4 Å². The molecule has 90 valence electrons. The fourth-order valence-corrected chi connectivity index (χ4v) is 2.12. The van der Waals surface area contributed by atoms with E-state index >= 15 is 0 Å². The SMILES string of the molecule is COc1cc(N)ccc1Oc1nc(C)c(C)s1. The first-order valence-electron chi connectivity index (χ1n) is 5.15. The lowest BCUT2D eigenvalue weighted by atomic mass is 10.3. The standard InChI is InChI=1S/C12H14N2O2S/c1-7-8(2)17-12(14-7)16-10-5-4-9(13)6-11(10)15-3/h4-6H,13H2,1-3H3. The molecule has 0 radical (unpaired) electrons. The Bertz CT molecular complexity index is 518. The lowest BCUT2D eigenvalue weighted by Gasteiger charge is -2.08. The Balaban J connectivity index is 2.29. The van der Waals surface area contributed by atoms with Crippen molar-refractivity contribution in [3.63, 3.8) is 0 Å². The topological polar surface area (TPSA) is 57.4 Å². The number of nitrogens with two attached hydrogens (primary N) is 1. The third kappa shape index (κ3) is 2.50. The number of rotatable bonds is 3. The van der Waals surface area contributed by atoms with Gasteiger partial charge in [-0.05, 0) is 26.0 Å². The molecular weight excluding hydrogens is 236 g/mol. The molecule has 0 aliphatic heterocycles. The molecule has 0 atom stereocenters. The molecule has 0 amide bonds. The number of thiazole rings is 1. The zero-order valence-electron chi connectivity index (χ0n) is 9.98. The van der Waals surface area contributed by atoms with Crippen LogP contribution in [-0.2, 0) is 0 Å². The summed E-state index contributed by atoms with van der Waals surface area (Å²) in [7, 11) is 1.58. The van der Waals surface area contributed by atoms with Gasteiger partial charge in [-0.3, -0.25) is 0 Å². The van der Waals surface area contributed by atoms with Crippen LogP contribution in [0.5, 0.6) is 16.7 Å². The number of nitrogen functional groups attached to an aromatic ring is 1. The van der Waals surface area contributed by atoms with E-state index in [1.165, 1.54) is 11.3 Å². The average molecular weight is 250 g/mol. The van der Waals surface area contributed by atoms with E-state index in [-0.39, 0.29) is 0 Å². The Hall–Kier alpha value is -1.75. The van der Waals surface area contributed by atoms with Crippen molar-refractivity contribution in [2.24, 2.45) is 0 Å². The number of aryl methyl sites for hydroxylation is 2. The normalized spacial score (nSPS) is 10.3. The zero-order chi connectivity index (χ0) is 12.4. The van der Waals surface area contributed by atoms with Crippen LogP contribution in [0.2, 0.25) is 0 Å². The maximum absolute atomic E-state index is 5.68. The van der Waals surface area contributed by atoms with Gasteiger partial charge < -0.3 is 15.2 Å². The minimum Gasteiger partial charge on any atom is -0.493 e. The number of hydrogen-bond acceptors (Lipinski definition) is 5. The highest BCUT2D eigenvalue weighted by atomic mass is 32.1. The van der Waals surface area contributed by atoms with Crippen LogP contribution in [-0.4, -0.2) is 12.1 Å². The van der Waals surface area contributed by atoms with Crippen molar-refractivity contribution in [3.8, 4) is 16.7 Å². The van der Waals surface area contributed by atoms with Gasteiger partial charge in [-0.1, -0.05) is 11.3 Å². The molecule has 0 aliphatic rings. The Morgan fingerprint density at radius 1 is 1.24 bits per heavy atom. The number of hydrogen-bond donors (Lipinski definition) is 1. The highest BCUT2D eigenvalue weighted by Crippen LogP contribution is 2.35. The molecular formula is C12H14N2O2S. The molecule has 0 fully saturated rings. The third-order valence-electron chi connectivity index (χ3n) is 2.39. The van der Waals surface area contributed by atoms with Crippen LogP contribution in [0.4, 0.5) is 5.69 Å². The summed E-state index contributed by atoms with van der Waals surface area (Å²) in [6.45, 7) is 3.97. The molecule has 0 bridgehead atoms. The summed E-state index contributed by atoms with van der Waals surface area (Å²) >= 11 is 1.51. The number of benzene rings is 1. The van der Waals surface area contributed by atoms with Gasteiger partial charge in [0.15, 0.2) is 11.5 Å². The molecule has 2 N–H and O–H groups in total. The number of anilines is 1. The predicted molar refractivity (Wildman–Crippen MR) is 69.1 cm³/mol. The van der Waals surface area contributed by atoms with E-state index in [9.17, 15) is 0 Å². The molecule has 0 aliphatic carbocycles. The largest absolute Gasteiger partial charge is 0.493 e. The average Bonchev–Trinajstić information content (AvgIpc) is 2.60. The zero-order valence-corrected chi connectivity index (χ0v) is 10.8. The molecule has 0 saturated carbocycles. The third-order valence-corrected chi connectivity index (χ3v) is 3.34. The predicted octanol–water partition coefficient (Wildman–Crippen LogP) is 3.14. The summed E-state index contributed by atoms with van der Waals surface area (Å²) in [5.41, 5.74) is 7.30. The highest BCUT2D eigenvalue weighted by Gasteiger charge is 2.10. The summed E-state index contributed by atoms with van der Waals surface area (Å²) in [5.74, 6) is 1.23. The molecule has 17 heavy (non-hydrogen) atoms. The minimum absolute atomic E-state index is 0.607. The van der Waals surface area contributed by atoms with Gasteiger partial charge in [-0.2, -0.15) is 0 Å². The van der Waals surface area contributed by atoms with Crippen LogP contribution in [0, 0.1) is 13.8 Å². The van der Waals surface area contributed by atoms with Gasteiger partial charge in [-0.15, -0.1) is 0 Å². The lowest BCUT2D eigenvalue weighted by Crippen LogP contribution is -1.92. The number of nitrogens with zero attached hydrogens (tertiary/aromatic N) is 1. The van der Waals surface area contributed by atoms with Crippen molar-refractivity contribution in [2.75, 3.05) is 12.8 Å². The van der Waals surface area contributed by atoms with Crippen LogP contribution in [0.1, 0.15) is 10.6 Å². The van der Waals surface area contributed by atoms with Crippen LogP contribution >= 0.6 is 11.3 Å². The van der Waals surface area contributed by atoms with E-state index in [1.807, 2.05) is 13.8 Å². The monoisotopic (exact) mass is 250 g/mol. The molecule has 2 rings (SSSR count).